The van der Waals surface area contributed by atoms with Gasteiger partial charge in [-0.2, -0.15) is 16.9 Å². The smallest absolute Gasteiger partial charge is 0.194 e. The molecular weight excluding hydrogens is 334 g/mol. The number of nitrogens with zero attached hydrogens (tertiary/aromatic N) is 4. The van der Waals surface area contributed by atoms with Crippen LogP contribution in [0.2, 0.25) is 0 Å². The van der Waals surface area contributed by atoms with Crippen molar-refractivity contribution in [1.82, 2.24) is 20.0 Å². The van der Waals surface area contributed by atoms with Gasteiger partial charge in [-0.3, -0.25) is 4.68 Å². The van der Waals surface area contributed by atoms with Crippen molar-refractivity contribution in [3.05, 3.63) is 17.0 Å². The molecule has 1 aliphatic heterocycles. The molecular formula is C18H33N5OS. The number of hydrogen-bond acceptors (Lipinski definition) is 4. The van der Waals surface area contributed by atoms with Crippen molar-refractivity contribution < 1.29 is 4.74 Å². The minimum atomic E-state index is 0.269. The van der Waals surface area contributed by atoms with Gasteiger partial charge in [0, 0.05) is 48.5 Å². The van der Waals surface area contributed by atoms with Gasteiger partial charge >= 0.3 is 0 Å². The molecule has 0 bridgehead atoms. The van der Waals surface area contributed by atoms with Crippen molar-refractivity contribution in [3.8, 4) is 0 Å². The van der Waals surface area contributed by atoms with E-state index in [1.807, 2.05) is 16.4 Å². The van der Waals surface area contributed by atoms with Gasteiger partial charge in [-0.1, -0.05) is 0 Å². The Morgan fingerprint density at radius 1 is 1.40 bits per heavy atom. The third-order valence-electron chi connectivity index (χ3n) is 4.49. The number of aryl methyl sites for hydroxylation is 1. The van der Waals surface area contributed by atoms with Gasteiger partial charge in [0.2, 0.25) is 0 Å². The number of aliphatic imine (C=N–C) groups is 1. The van der Waals surface area contributed by atoms with Crippen molar-refractivity contribution in [2.75, 3.05) is 39.1 Å². The number of aromatic nitrogens is 2. The molecule has 1 aromatic rings. The summed E-state index contributed by atoms with van der Waals surface area (Å²) in [6.45, 7) is 16.0. The van der Waals surface area contributed by atoms with Crippen LogP contribution in [0.15, 0.2) is 4.99 Å². The molecule has 0 aliphatic carbocycles. The van der Waals surface area contributed by atoms with Crippen molar-refractivity contribution in [2.24, 2.45) is 4.99 Å². The van der Waals surface area contributed by atoms with E-state index in [2.05, 4.69) is 49.9 Å². The van der Waals surface area contributed by atoms with Gasteiger partial charge in [0.05, 0.1) is 25.4 Å². The number of nitrogens with one attached hydrogen (secondary N) is 1. The van der Waals surface area contributed by atoms with Gasteiger partial charge in [0.25, 0.3) is 0 Å². The van der Waals surface area contributed by atoms with Crippen LogP contribution in [-0.4, -0.2) is 64.5 Å². The first-order valence-electron chi connectivity index (χ1n) is 9.07. The van der Waals surface area contributed by atoms with E-state index in [0.29, 0.717) is 13.2 Å². The Hall–Kier alpha value is -1.21. The number of guanidine groups is 1. The van der Waals surface area contributed by atoms with E-state index in [4.69, 9.17) is 9.73 Å². The van der Waals surface area contributed by atoms with Crippen molar-refractivity contribution in [1.29, 1.82) is 0 Å². The molecule has 0 unspecified atom stereocenters. The maximum absolute atomic E-state index is 5.17. The van der Waals surface area contributed by atoms with Crippen LogP contribution < -0.4 is 5.32 Å². The average molecular weight is 368 g/mol. The highest BCUT2D eigenvalue weighted by Crippen LogP contribution is 2.29. The average Bonchev–Trinajstić information content (AvgIpc) is 2.82. The maximum atomic E-state index is 5.17. The third-order valence-corrected chi connectivity index (χ3v) is 5.78. The molecule has 6 nitrogen and oxygen atoms in total. The second kappa shape index (κ2) is 8.94. The molecule has 1 saturated heterocycles. The Kier molecular flexibility index (Phi) is 7.19. The number of rotatable bonds is 6. The standard InChI is InChI=1S/C18H33N5OS/c1-7-19-17(22-9-11-25-18(4,5)13-22)20-12-16-14(2)21-23(15(16)3)8-10-24-6/h7-13H2,1-6H3,(H,19,20). The quantitative estimate of drug-likeness (QED) is 0.618. The van der Waals surface area contributed by atoms with Crippen LogP contribution in [0.4, 0.5) is 0 Å². The van der Waals surface area contributed by atoms with Gasteiger partial charge in [0.15, 0.2) is 5.96 Å². The molecule has 1 fully saturated rings. The highest BCUT2D eigenvalue weighted by molar-refractivity contribution is 8.00. The van der Waals surface area contributed by atoms with Crippen LogP contribution in [-0.2, 0) is 17.8 Å². The van der Waals surface area contributed by atoms with Crippen molar-refractivity contribution in [3.63, 3.8) is 0 Å². The monoisotopic (exact) mass is 367 g/mol. The highest BCUT2D eigenvalue weighted by atomic mass is 32.2. The lowest BCUT2D eigenvalue weighted by molar-refractivity contribution is 0.182. The van der Waals surface area contributed by atoms with Crippen LogP contribution in [0.1, 0.15) is 37.7 Å². The summed E-state index contributed by atoms with van der Waals surface area (Å²) in [6, 6.07) is 0. The van der Waals surface area contributed by atoms with Gasteiger partial charge in [0.1, 0.15) is 0 Å². The van der Waals surface area contributed by atoms with Gasteiger partial charge in [-0.05, 0) is 34.6 Å². The Labute approximate surface area is 156 Å². The molecule has 0 saturated carbocycles. The minimum absolute atomic E-state index is 0.269. The summed E-state index contributed by atoms with van der Waals surface area (Å²) in [7, 11) is 1.72. The fourth-order valence-electron chi connectivity index (χ4n) is 3.14. The fourth-order valence-corrected chi connectivity index (χ4v) is 4.25. The SMILES string of the molecule is CCNC(=NCc1c(C)nn(CCOC)c1C)N1CCSC(C)(C)C1. The first-order valence-corrected chi connectivity index (χ1v) is 10.1. The largest absolute Gasteiger partial charge is 0.383 e. The molecule has 0 radical (unpaired) electrons. The van der Waals surface area contributed by atoms with E-state index in [1.54, 1.807) is 7.11 Å². The summed E-state index contributed by atoms with van der Waals surface area (Å²) in [4.78, 5) is 7.31. The summed E-state index contributed by atoms with van der Waals surface area (Å²) in [5, 5.41) is 8.10. The Morgan fingerprint density at radius 3 is 2.80 bits per heavy atom. The summed E-state index contributed by atoms with van der Waals surface area (Å²) in [5.41, 5.74) is 3.46. The molecule has 2 heterocycles. The lowest BCUT2D eigenvalue weighted by atomic mass is 10.2. The van der Waals surface area contributed by atoms with Crippen LogP contribution >= 0.6 is 11.8 Å². The van der Waals surface area contributed by atoms with E-state index in [9.17, 15) is 0 Å². The summed E-state index contributed by atoms with van der Waals surface area (Å²) < 4.78 is 7.47. The van der Waals surface area contributed by atoms with Gasteiger partial charge in [-0.15, -0.1) is 0 Å². The third kappa shape index (κ3) is 5.38. The molecule has 1 aliphatic rings. The normalized spacial score (nSPS) is 17.8. The Bertz CT molecular complexity index is 597. The van der Waals surface area contributed by atoms with E-state index in [1.165, 1.54) is 11.3 Å². The number of ether oxygens (including phenoxy) is 1. The summed E-state index contributed by atoms with van der Waals surface area (Å²) >= 11 is 2.04. The Balaban J connectivity index is 2.15. The number of thioether (sulfide) groups is 1. The first kappa shape index (κ1) is 20.1. The molecule has 1 aromatic heterocycles. The van der Waals surface area contributed by atoms with Gasteiger partial charge in [-0.25, -0.2) is 4.99 Å². The van der Waals surface area contributed by atoms with E-state index in [-0.39, 0.29) is 4.75 Å². The molecule has 0 aromatic carbocycles. The fraction of sp³-hybridized carbons (Fsp3) is 0.778. The van der Waals surface area contributed by atoms with Crippen LogP contribution in [0.3, 0.4) is 0 Å². The zero-order valence-electron chi connectivity index (χ0n) is 16.6. The predicted molar refractivity (Wildman–Crippen MR) is 107 cm³/mol. The van der Waals surface area contributed by atoms with E-state index in [0.717, 1.165) is 43.6 Å². The number of hydrogen-bond donors (Lipinski definition) is 1. The van der Waals surface area contributed by atoms with Crippen LogP contribution in [0.5, 0.6) is 0 Å². The summed E-state index contributed by atoms with van der Waals surface area (Å²) in [6.07, 6.45) is 0. The predicted octanol–water partition coefficient (Wildman–Crippen LogP) is 2.44. The van der Waals surface area contributed by atoms with E-state index < -0.39 is 0 Å². The number of methoxy groups -OCH3 is 1. The topological polar surface area (TPSA) is 54.7 Å². The second-order valence-electron chi connectivity index (χ2n) is 7.07. The second-order valence-corrected chi connectivity index (χ2v) is 8.87. The zero-order valence-corrected chi connectivity index (χ0v) is 17.4. The summed E-state index contributed by atoms with van der Waals surface area (Å²) in [5.74, 6) is 2.16. The molecule has 7 heteroatoms. The zero-order chi connectivity index (χ0) is 18.4. The first-order chi connectivity index (χ1) is 11.9. The van der Waals surface area contributed by atoms with Crippen LogP contribution in [0, 0.1) is 13.8 Å². The molecule has 2 rings (SSSR count). The lowest BCUT2D eigenvalue weighted by Crippen LogP contribution is -2.50. The molecule has 0 spiro atoms. The van der Waals surface area contributed by atoms with E-state index >= 15 is 0 Å². The highest BCUT2D eigenvalue weighted by Gasteiger charge is 2.28. The van der Waals surface area contributed by atoms with Crippen LogP contribution in [0.25, 0.3) is 0 Å². The van der Waals surface area contributed by atoms with Crippen molar-refractivity contribution >= 4 is 17.7 Å². The Morgan fingerprint density at radius 2 is 2.16 bits per heavy atom. The minimum Gasteiger partial charge on any atom is -0.383 e. The molecule has 0 amide bonds. The molecule has 142 valence electrons. The molecule has 1 N–H and O–H groups in total. The maximum Gasteiger partial charge on any atom is 0.194 e. The molecule has 0 atom stereocenters. The van der Waals surface area contributed by atoms with Gasteiger partial charge < -0.3 is 15.0 Å². The lowest BCUT2D eigenvalue weighted by Gasteiger charge is -2.39. The van der Waals surface area contributed by atoms with Crippen molar-refractivity contribution in [2.45, 2.75) is 52.5 Å². The molecule has 25 heavy (non-hydrogen) atoms.